The van der Waals surface area contributed by atoms with E-state index < -0.39 is 5.92 Å². The maximum atomic E-state index is 13.1. The summed E-state index contributed by atoms with van der Waals surface area (Å²) in [4.78, 5) is 11.8. The summed E-state index contributed by atoms with van der Waals surface area (Å²) >= 11 is 1.46. The van der Waals surface area contributed by atoms with Gasteiger partial charge in [0.2, 0.25) is 5.92 Å². The smallest absolute Gasteiger partial charge is 0.319 e. The maximum absolute atomic E-state index is 13.1. The number of halogens is 2. The average molecular weight is 310 g/mol. The van der Waals surface area contributed by atoms with Crippen molar-refractivity contribution < 1.29 is 18.3 Å². The number of hydrogen-bond donors (Lipinski definition) is 0. The second-order valence-electron chi connectivity index (χ2n) is 4.92. The highest BCUT2D eigenvalue weighted by Gasteiger charge is 2.26. The van der Waals surface area contributed by atoms with Gasteiger partial charge in [0, 0.05) is 12.8 Å². The Morgan fingerprint density at radius 1 is 1.20 bits per heavy atom. The lowest BCUT2D eigenvalue weighted by Crippen LogP contribution is -2.21. The highest BCUT2D eigenvalue weighted by atomic mass is 32.2. The Morgan fingerprint density at radius 2 is 1.90 bits per heavy atom. The fourth-order valence-electron chi connectivity index (χ4n) is 1.82. The van der Waals surface area contributed by atoms with Gasteiger partial charge in [-0.3, -0.25) is 4.79 Å². The monoisotopic (exact) mass is 310 g/mol. The molecule has 0 spiro atoms. The molecule has 0 N–H and O–H groups in total. The van der Waals surface area contributed by atoms with E-state index in [1.807, 2.05) is 0 Å². The minimum atomic E-state index is -2.57. The topological polar surface area (TPSA) is 26.3 Å². The Morgan fingerprint density at radius 3 is 2.45 bits per heavy atom. The summed E-state index contributed by atoms with van der Waals surface area (Å²) in [6.07, 6.45) is 4.18. The first-order valence-electron chi connectivity index (χ1n) is 7.62. The van der Waals surface area contributed by atoms with Gasteiger partial charge in [-0.2, -0.15) is 0 Å². The lowest BCUT2D eigenvalue weighted by atomic mass is 10.1. The summed E-state index contributed by atoms with van der Waals surface area (Å²) < 4.78 is 31.3. The molecule has 0 aromatic heterocycles. The first-order valence-corrected chi connectivity index (χ1v) is 8.67. The molecule has 0 aromatic rings. The van der Waals surface area contributed by atoms with Crippen molar-refractivity contribution in [2.75, 3.05) is 12.4 Å². The van der Waals surface area contributed by atoms with Crippen molar-refractivity contribution in [3.05, 3.63) is 0 Å². The zero-order valence-electron chi connectivity index (χ0n) is 12.9. The highest BCUT2D eigenvalue weighted by molar-refractivity contribution is 8.00. The number of rotatable bonds is 12. The Bertz CT molecular complexity index is 260. The molecule has 0 bridgehead atoms. The fourth-order valence-corrected chi connectivity index (χ4v) is 2.95. The quantitative estimate of drug-likeness (QED) is 0.372. The predicted molar refractivity (Wildman–Crippen MR) is 81.5 cm³/mol. The number of carbonyl (C=O) groups is 1. The van der Waals surface area contributed by atoms with Gasteiger partial charge in [0.15, 0.2) is 0 Å². The molecular weight excluding hydrogens is 282 g/mol. The van der Waals surface area contributed by atoms with Crippen LogP contribution in [-0.2, 0) is 9.53 Å². The summed E-state index contributed by atoms with van der Waals surface area (Å²) in [6, 6.07) is 0. The van der Waals surface area contributed by atoms with Crippen molar-refractivity contribution in [1.29, 1.82) is 0 Å². The number of hydrogen-bond acceptors (Lipinski definition) is 3. The minimum absolute atomic E-state index is 0.0962. The second-order valence-corrected chi connectivity index (χ2v) is 6.23. The van der Waals surface area contributed by atoms with Crippen LogP contribution in [0.1, 0.15) is 65.7 Å². The molecule has 0 radical (unpaired) electrons. The van der Waals surface area contributed by atoms with E-state index in [0.29, 0.717) is 18.8 Å². The summed E-state index contributed by atoms with van der Waals surface area (Å²) in [5, 5.41) is -0.197. The van der Waals surface area contributed by atoms with E-state index in [4.69, 9.17) is 4.74 Å². The van der Waals surface area contributed by atoms with Gasteiger partial charge in [-0.15, -0.1) is 11.8 Å². The molecule has 1 unspecified atom stereocenters. The Balaban J connectivity index is 4.05. The molecule has 0 heterocycles. The van der Waals surface area contributed by atoms with Gasteiger partial charge in [0.05, 0.1) is 6.61 Å². The van der Waals surface area contributed by atoms with E-state index >= 15 is 0 Å². The van der Waals surface area contributed by atoms with Crippen molar-refractivity contribution in [2.45, 2.75) is 76.9 Å². The van der Waals surface area contributed by atoms with Crippen LogP contribution in [0.5, 0.6) is 0 Å². The molecule has 0 rings (SSSR count). The van der Waals surface area contributed by atoms with Crippen molar-refractivity contribution in [3.63, 3.8) is 0 Å². The molecule has 0 aliphatic carbocycles. The lowest BCUT2D eigenvalue weighted by molar-refractivity contribution is -0.142. The number of unbranched alkanes of at least 4 members (excludes halogenated alkanes) is 2. The van der Waals surface area contributed by atoms with Crippen LogP contribution < -0.4 is 0 Å². The predicted octanol–water partition coefficient (Wildman–Crippen LogP) is 5.06. The zero-order valence-corrected chi connectivity index (χ0v) is 13.7. The van der Waals surface area contributed by atoms with Crippen molar-refractivity contribution in [3.8, 4) is 0 Å². The largest absolute Gasteiger partial charge is 0.465 e. The molecule has 120 valence electrons. The van der Waals surface area contributed by atoms with Gasteiger partial charge in [-0.05, 0) is 25.5 Å². The maximum Gasteiger partial charge on any atom is 0.319 e. The second kappa shape index (κ2) is 11.4. The SMILES string of the molecule is CCCCCC(SCCCC(F)(F)CC)C(=O)OCC. The summed E-state index contributed by atoms with van der Waals surface area (Å²) in [6.45, 7) is 5.77. The van der Waals surface area contributed by atoms with Gasteiger partial charge in [-0.1, -0.05) is 33.1 Å². The van der Waals surface area contributed by atoms with Crippen LogP contribution in [0.2, 0.25) is 0 Å². The standard InChI is InChI=1S/C15H28F2O2S/c1-4-7-8-10-13(14(18)19-6-3)20-12-9-11-15(16,17)5-2/h13H,4-12H2,1-3H3. The summed E-state index contributed by atoms with van der Waals surface area (Å²) in [5.74, 6) is -2.18. The molecule has 1 atom stereocenters. The zero-order chi connectivity index (χ0) is 15.4. The van der Waals surface area contributed by atoms with Gasteiger partial charge < -0.3 is 4.74 Å². The number of alkyl halides is 2. The summed E-state index contributed by atoms with van der Waals surface area (Å²) in [7, 11) is 0. The van der Waals surface area contributed by atoms with E-state index in [1.54, 1.807) is 6.92 Å². The van der Waals surface area contributed by atoms with Gasteiger partial charge in [-0.25, -0.2) is 8.78 Å². The van der Waals surface area contributed by atoms with Crippen molar-refractivity contribution >= 4 is 17.7 Å². The van der Waals surface area contributed by atoms with E-state index in [0.717, 1.165) is 25.7 Å². The lowest BCUT2D eigenvalue weighted by Gasteiger charge is -2.17. The molecular formula is C15H28F2O2S. The molecule has 0 saturated heterocycles. The fraction of sp³-hybridized carbons (Fsp3) is 0.933. The van der Waals surface area contributed by atoms with E-state index in [2.05, 4.69) is 6.92 Å². The van der Waals surface area contributed by atoms with Crippen LogP contribution in [0.15, 0.2) is 0 Å². The molecule has 0 aliphatic heterocycles. The highest BCUT2D eigenvalue weighted by Crippen LogP contribution is 2.27. The Kier molecular flexibility index (Phi) is 11.2. The normalized spacial score (nSPS) is 13.2. The van der Waals surface area contributed by atoms with Crippen molar-refractivity contribution in [1.82, 2.24) is 0 Å². The van der Waals surface area contributed by atoms with Crippen LogP contribution in [-0.4, -0.2) is 29.5 Å². The van der Waals surface area contributed by atoms with E-state index in [-0.39, 0.29) is 24.1 Å². The van der Waals surface area contributed by atoms with Crippen LogP contribution in [0, 0.1) is 0 Å². The van der Waals surface area contributed by atoms with E-state index in [9.17, 15) is 13.6 Å². The molecule has 0 aliphatic rings. The van der Waals surface area contributed by atoms with Crippen LogP contribution >= 0.6 is 11.8 Å². The molecule has 0 saturated carbocycles. The summed E-state index contributed by atoms with van der Waals surface area (Å²) in [5.41, 5.74) is 0. The Labute approximate surface area is 126 Å². The molecule has 2 nitrogen and oxygen atoms in total. The minimum Gasteiger partial charge on any atom is -0.465 e. The Hall–Kier alpha value is -0.320. The van der Waals surface area contributed by atoms with Crippen LogP contribution in [0.3, 0.4) is 0 Å². The molecule has 0 fully saturated rings. The third-order valence-corrected chi connectivity index (χ3v) is 4.50. The van der Waals surface area contributed by atoms with Gasteiger partial charge in [0.25, 0.3) is 0 Å². The van der Waals surface area contributed by atoms with Crippen molar-refractivity contribution in [2.24, 2.45) is 0 Å². The van der Waals surface area contributed by atoms with Crippen LogP contribution in [0.4, 0.5) is 8.78 Å². The number of esters is 1. The third kappa shape index (κ3) is 9.56. The van der Waals surface area contributed by atoms with Gasteiger partial charge >= 0.3 is 5.97 Å². The number of thioether (sulfide) groups is 1. The van der Waals surface area contributed by atoms with E-state index in [1.165, 1.54) is 18.7 Å². The average Bonchev–Trinajstić information content (AvgIpc) is 2.41. The van der Waals surface area contributed by atoms with Crippen LogP contribution in [0.25, 0.3) is 0 Å². The van der Waals surface area contributed by atoms with Gasteiger partial charge in [0.1, 0.15) is 5.25 Å². The third-order valence-electron chi connectivity index (χ3n) is 3.14. The molecule has 5 heteroatoms. The first kappa shape index (κ1) is 19.7. The molecule has 20 heavy (non-hydrogen) atoms. The molecule has 0 aromatic carbocycles. The molecule has 0 amide bonds. The number of ether oxygens (including phenoxy) is 1. The number of carbonyl (C=O) groups excluding carboxylic acids is 1. The first-order chi connectivity index (χ1) is 9.46.